The molecule has 0 unspecified atom stereocenters. The standard InChI is InChI=1S/C20H17ClFN3O4/c1-12-2-4-13(5-3-12)20-25-24-18(29-20)8-9-19(27)28-11-17(26)23-16-10-14(21)6-7-15(16)22/h2-7,10H,8-9,11H2,1H3,(H,23,26). The lowest BCUT2D eigenvalue weighted by atomic mass is 10.1. The minimum Gasteiger partial charge on any atom is -0.456 e. The SMILES string of the molecule is Cc1ccc(-c2nnc(CCC(=O)OCC(=O)Nc3cc(Cl)ccc3F)o2)cc1. The lowest BCUT2D eigenvalue weighted by Gasteiger charge is -2.07. The number of ether oxygens (including phenoxy) is 1. The molecule has 9 heteroatoms. The molecule has 0 aliphatic rings. The van der Waals surface area contributed by atoms with Crippen LogP contribution in [0.3, 0.4) is 0 Å². The molecule has 0 saturated carbocycles. The van der Waals surface area contributed by atoms with Crippen LogP contribution in [0.2, 0.25) is 5.02 Å². The van der Waals surface area contributed by atoms with Gasteiger partial charge in [-0.3, -0.25) is 9.59 Å². The second-order valence-corrected chi connectivity index (χ2v) is 6.64. The average Bonchev–Trinajstić information content (AvgIpc) is 3.17. The van der Waals surface area contributed by atoms with Crippen molar-refractivity contribution in [2.24, 2.45) is 0 Å². The summed E-state index contributed by atoms with van der Waals surface area (Å²) >= 11 is 5.75. The summed E-state index contributed by atoms with van der Waals surface area (Å²) in [6, 6.07) is 11.3. The Kier molecular flexibility index (Phi) is 6.56. The van der Waals surface area contributed by atoms with E-state index in [-0.39, 0.29) is 29.4 Å². The highest BCUT2D eigenvalue weighted by atomic mass is 35.5. The van der Waals surface area contributed by atoms with Gasteiger partial charge in [-0.1, -0.05) is 29.3 Å². The zero-order chi connectivity index (χ0) is 20.8. The molecule has 0 saturated heterocycles. The van der Waals surface area contributed by atoms with Crippen molar-refractivity contribution < 1.29 is 23.1 Å². The number of halogens is 2. The van der Waals surface area contributed by atoms with Gasteiger partial charge >= 0.3 is 5.97 Å². The number of rotatable bonds is 7. The number of carbonyl (C=O) groups is 2. The van der Waals surface area contributed by atoms with Crippen molar-refractivity contribution in [2.75, 3.05) is 11.9 Å². The molecular formula is C20H17ClFN3O4. The Morgan fingerprint density at radius 2 is 1.93 bits per heavy atom. The zero-order valence-electron chi connectivity index (χ0n) is 15.4. The third kappa shape index (κ3) is 5.86. The van der Waals surface area contributed by atoms with Crippen LogP contribution in [0.25, 0.3) is 11.5 Å². The second-order valence-electron chi connectivity index (χ2n) is 6.20. The van der Waals surface area contributed by atoms with Crippen molar-refractivity contribution in [3.05, 3.63) is 64.8 Å². The Morgan fingerprint density at radius 1 is 1.17 bits per heavy atom. The lowest BCUT2D eigenvalue weighted by Crippen LogP contribution is -2.21. The van der Waals surface area contributed by atoms with E-state index in [0.717, 1.165) is 17.2 Å². The number of anilines is 1. The average molecular weight is 418 g/mol. The summed E-state index contributed by atoms with van der Waals surface area (Å²) in [6.07, 6.45) is 0.122. The van der Waals surface area contributed by atoms with E-state index < -0.39 is 24.3 Å². The lowest BCUT2D eigenvalue weighted by molar-refractivity contribution is -0.147. The number of carbonyl (C=O) groups excluding carboxylic acids is 2. The minimum absolute atomic E-state index is 0.0473. The summed E-state index contributed by atoms with van der Waals surface area (Å²) in [5, 5.41) is 10.4. The highest BCUT2D eigenvalue weighted by Crippen LogP contribution is 2.20. The van der Waals surface area contributed by atoms with E-state index in [4.69, 9.17) is 20.8 Å². The highest BCUT2D eigenvalue weighted by molar-refractivity contribution is 6.30. The van der Waals surface area contributed by atoms with Crippen molar-refractivity contribution in [1.82, 2.24) is 10.2 Å². The van der Waals surface area contributed by atoms with Crippen LogP contribution in [0, 0.1) is 12.7 Å². The fraction of sp³-hybridized carbons (Fsp3) is 0.200. The van der Waals surface area contributed by atoms with Crippen LogP contribution in [0.1, 0.15) is 17.9 Å². The van der Waals surface area contributed by atoms with Gasteiger partial charge in [0.1, 0.15) is 5.82 Å². The molecule has 3 rings (SSSR count). The molecule has 1 heterocycles. The summed E-state index contributed by atoms with van der Waals surface area (Å²) in [6.45, 7) is 1.42. The number of hydrogen-bond donors (Lipinski definition) is 1. The molecule has 29 heavy (non-hydrogen) atoms. The zero-order valence-corrected chi connectivity index (χ0v) is 16.2. The second kappa shape index (κ2) is 9.29. The number of aryl methyl sites for hydroxylation is 2. The van der Waals surface area contributed by atoms with E-state index in [9.17, 15) is 14.0 Å². The number of benzene rings is 2. The maximum Gasteiger partial charge on any atom is 0.306 e. The van der Waals surface area contributed by atoms with Crippen LogP contribution < -0.4 is 5.32 Å². The molecule has 0 atom stereocenters. The smallest absolute Gasteiger partial charge is 0.306 e. The van der Waals surface area contributed by atoms with Crippen LogP contribution >= 0.6 is 11.6 Å². The van der Waals surface area contributed by atoms with Gasteiger partial charge in [-0.25, -0.2) is 4.39 Å². The molecule has 1 aromatic heterocycles. The molecule has 0 fully saturated rings. The summed E-state index contributed by atoms with van der Waals surface area (Å²) in [5.41, 5.74) is 1.80. The first-order valence-corrected chi connectivity index (χ1v) is 9.08. The van der Waals surface area contributed by atoms with Crippen LogP contribution in [0.15, 0.2) is 46.9 Å². The molecule has 0 bridgehead atoms. The Hall–Kier alpha value is -3.26. The van der Waals surface area contributed by atoms with Crippen molar-refractivity contribution in [1.29, 1.82) is 0 Å². The van der Waals surface area contributed by atoms with Gasteiger partial charge in [-0.2, -0.15) is 0 Å². The summed E-state index contributed by atoms with van der Waals surface area (Å²) in [5.74, 6) is -1.31. The van der Waals surface area contributed by atoms with Crippen LogP contribution in [-0.2, 0) is 20.7 Å². The number of nitrogens with one attached hydrogen (secondary N) is 1. The molecule has 7 nitrogen and oxygen atoms in total. The molecular weight excluding hydrogens is 401 g/mol. The largest absolute Gasteiger partial charge is 0.456 e. The predicted molar refractivity (Wildman–Crippen MR) is 104 cm³/mol. The molecule has 0 radical (unpaired) electrons. The number of aromatic nitrogens is 2. The molecule has 2 aromatic carbocycles. The van der Waals surface area contributed by atoms with Crippen molar-refractivity contribution in [3.8, 4) is 11.5 Å². The Balaban J connectivity index is 1.45. The van der Waals surface area contributed by atoms with Gasteiger partial charge in [0.15, 0.2) is 6.61 Å². The predicted octanol–water partition coefficient (Wildman–Crippen LogP) is 3.95. The van der Waals surface area contributed by atoms with Gasteiger partial charge in [-0.15, -0.1) is 10.2 Å². The van der Waals surface area contributed by atoms with E-state index >= 15 is 0 Å². The van der Waals surface area contributed by atoms with E-state index in [1.807, 2.05) is 31.2 Å². The van der Waals surface area contributed by atoms with Gasteiger partial charge in [0, 0.05) is 17.0 Å². The number of esters is 1. The fourth-order valence-electron chi connectivity index (χ4n) is 2.37. The Morgan fingerprint density at radius 3 is 2.69 bits per heavy atom. The molecule has 3 aromatic rings. The normalized spacial score (nSPS) is 10.6. The van der Waals surface area contributed by atoms with E-state index in [1.54, 1.807) is 0 Å². The van der Waals surface area contributed by atoms with Crippen molar-refractivity contribution in [3.63, 3.8) is 0 Å². The van der Waals surface area contributed by atoms with Gasteiger partial charge in [0.05, 0.1) is 12.1 Å². The number of amides is 1. The third-order valence-corrected chi connectivity index (χ3v) is 4.11. The van der Waals surface area contributed by atoms with Crippen LogP contribution in [0.4, 0.5) is 10.1 Å². The fourth-order valence-corrected chi connectivity index (χ4v) is 2.55. The molecule has 0 aliphatic carbocycles. The van der Waals surface area contributed by atoms with Crippen LogP contribution in [0.5, 0.6) is 0 Å². The summed E-state index contributed by atoms with van der Waals surface area (Å²) < 4.78 is 24.0. The first-order chi connectivity index (χ1) is 13.9. The summed E-state index contributed by atoms with van der Waals surface area (Å²) in [4.78, 5) is 23.6. The van der Waals surface area contributed by atoms with Gasteiger partial charge in [0.2, 0.25) is 11.8 Å². The van der Waals surface area contributed by atoms with Gasteiger partial charge in [-0.05, 0) is 37.3 Å². The third-order valence-electron chi connectivity index (χ3n) is 3.88. The van der Waals surface area contributed by atoms with Crippen molar-refractivity contribution >= 4 is 29.2 Å². The first-order valence-electron chi connectivity index (χ1n) is 8.70. The number of hydrogen-bond acceptors (Lipinski definition) is 6. The van der Waals surface area contributed by atoms with Crippen LogP contribution in [-0.4, -0.2) is 28.7 Å². The Bertz CT molecular complexity index is 1020. The quantitative estimate of drug-likeness (QED) is 0.585. The monoisotopic (exact) mass is 417 g/mol. The molecule has 1 N–H and O–H groups in total. The maximum atomic E-state index is 13.6. The van der Waals surface area contributed by atoms with E-state index in [0.29, 0.717) is 5.89 Å². The van der Waals surface area contributed by atoms with Gasteiger partial charge in [0.25, 0.3) is 5.91 Å². The van der Waals surface area contributed by atoms with E-state index in [2.05, 4.69) is 15.5 Å². The van der Waals surface area contributed by atoms with Crippen molar-refractivity contribution in [2.45, 2.75) is 19.8 Å². The maximum absolute atomic E-state index is 13.6. The molecule has 1 amide bonds. The minimum atomic E-state index is -0.682. The van der Waals surface area contributed by atoms with E-state index in [1.165, 1.54) is 12.1 Å². The molecule has 0 aliphatic heterocycles. The summed E-state index contributed by atoms with van der Waals surface area (Å²) in [7, 11) is 0. The molecule has 150 valence electrons. The highest BCUT2D eigenvalue weighted by Gasteiger charge is 2.13. The first kappa shape index (κ1) is 20.5. The topological polar surface area (TPSA) is 94.3 Å². The number of nitrogens with zero attached hydrogens (tertiary/aromatic N) is 2. The van der Waals surface area contributed by atoms with Gasteiger partial charge < -0.3 is 14.5 Å². The molecule has 0 spiro atoms. The Labute approximate surface area is 170 Å².